The monoisotopic (exact) mass is 301 g/mol. The second-order valence-electron chi connectivity index (χ2n) is 4.60. The lowest BCUT2D eigenvalue weighted by atomic mass is 10.0. The first-order chi connectivity index (χ1) is 10.1. The lowest BCUT2D eigenvalue weighted by Gasteiger charge is -2.06. The molecule has 0 spiro atoms. The third kappa shape index (κ3) is 2.34. The van der Waals surface area contributed by atoms with Crippen molar-refractivity contribution < 1.29 is 14.6 Å². The standard InChI is InChI=1S/C16H12ClNO3/c1-21-14-4-2-3-9(15(14)19)7-12-11-8-10(17)5-6-13(11)18-16(12)20/h2-8,19H,1H3,(H,18,20). The van der Waals surface area contributed by atoms with E-state index < -0.39 is 0 Å². The Morgan fingerprint density at radius 1 is 1.29 bits per heavy atom. The van der Waals surface area contributed by atoms with Gasteiger partial charge in [-0.3, -0.25) is 4.79 Å². The van der Waals surface area contributed by atoms with Gasteiger partial charge in [0.05, 0.1) is 7.11 Å². The van der Waals surface area contributed by atoms with E-state index >= 15 is 0 Å². The number of nitrogens with one attached hydrogen (secondary N) is 1. The molecule has 5 heteroatoms. The van der Waals surface area contributed by atoms with Crippen LogP contribution in [0.5, 0.6) is 11.5 Å². The molecule has 0 aliphatic carbocycles. The summed E-state index contributed by atoms with van der Waals surface area (Å²) in [5.41, 5.74) is 2.39. The molecule has 0 saturated carbocycles. The lowest BCUT2D eigenvalue weighted by Crippen LogP contribution is -2.03. The third-order valence-corrected chi connectivity index (χ3v) is 3.55. The first-order valence-electron chi connectivity index (χ1n) is 6.29. The maximum atomic E-state index is 12.1. The number of anilines is 1. The largest absolute Gasteiger partial charge is 0.504 e. The minimum Gasteiger partial charge on any atom is -0.504 e. The van der Waals surface area contributed by atoms with Crippen LogP contribution < -0.4 is 10.1 Å². The number of hydrogen-bond acceptors (Lipinski definition) is 3. The summed E-state index contributed by atoms with van der Waals surface area (Å²) in [4.78, 5) is 12.1. The number of amides is 1. The van der Waals surface area contributed by atoms with Gasteiger partial charge in [-0.15, -0.1) is 0 Å². The number of phenols is 1. The number of ether oxygens (including phenoxy) is 1. The summed E-state index contributed by atoms with van der Waals surface area (Å²) in [6.07, 6.45) is 1.62. The minimum absolute atomic E-state index is 0.00391. The van der Waals surface area contributed by atoms with Crippen molar-refractivity contribution in [2.24, 2.45) is 0 Å². The van der Waals surface area contributed by atoms with Crippen molar-refractivity contribution in [3.63, 3.8) is 0 Å². The van der Waals surface area contributed by atoms with Gasteiger partial charge in [-0.25, -0.2) is 0 Å². The molecule has 4 nitrogen and oxygen atoms in total. The van der Waals surface area contributed by atoms with Crippen molar-refractivity contribution in [3.05, 3.63) is 52.5 Å². The van der Waals surface area contributed by atoms with Crippen LogP contribution in [0, 0.1) is 0 Å². The van der Waals surface area contributed by atoms with Gasteiger partial charge in [-0.05, 0) is 30.3 Å². The van der Waals surface area contributed by atoms with Crippen molar-refractivity contribution in [2.45, 2.75) is 0 Å². The third-order valence-electron chi connectivity index (χ3n) is 3.31. The molecular formula is C16H12ClNO3. The van der Waals surface area contributed by atoms with E-state index in [9.17, 15) is 9.90 Å². The zero-order valence-corrected chi connectivity index (χ0v) is 11.9. The van der Waals surface area contributed by atoms with Crippen LogP contribution in [0.3, 0.4) is 0 Å². The number of halogens is 1. The number of methoxy groups -OCH3 is 1. The predicted molar refractivity (Wildman–Crippen MR) is 82.6 cm³/mol. The van der Waals surface area contributed by atoms with Gasteiger partial charge in [0, 0.05) is 27.4 Å². The van der Waals surface area contributed by atoms with Crippen LogP contribution in [-0.4, -0.2) is 18.1 Å². The Labute approximate surface area is 126 Å². The van der Waals surface area contributed by atoms with Gasteiger partial charge in [0.15, 0.2) is 11.5 Å². The fourth-order valence-electron chi connectivity index (χ4n) is 2.28. The van der Waals surface area contributed by atoms with Crippen LogP contribution in [0.2, 0.25) is 5.02 Å². The second-order valence-corrected chi connectivity index (χ2v) is 5.04. The van der Waals surface area contributed by atoms with E-state index in [2.05, 4.69) is 5.32 Å². The summed E-state index contributed by atoms with van der Waals surface area (Å²) in [5, 5.41) is 13.4. The van der Waals surface area contributed by atoms with Gasteiger partial charge >= 0.3 is 0 Å². The Morgan fingerprint density at radius 2 is 2.10 bits per heavy atom. The Hall–Kier alpha value is -2.46. The Bertz CT molecular complexity index is 768. The molecule has 0 fully saturated rings. The molecular weight excluding hydrogens is 290 g/mol. The molecule has 3 rings (SSSR count). The van der Waals surface area contributed by atoms with Crippen molar-refractivity contribution >= 4 is 34.8 Å². The maximum absolute atomic E-state index is 12.1. The minimum atomic E-state index is -0.227. The zero-order chi connectivity index (χ0) is 15.0. The molecule has 1 amide bonds. The molecule has 0 unspecified atom stereocenters. The second kappa shape index (κ2) is 5.14. The van der Waals surface area contributed by atoms with E-state index in [1.807, 2.05) is 0 Å². The summed E-state index contributed by atoms with van der Waals surface area (Å²) < 4.78 is 5.06. The Kier molecular flexibility index (Phi) is 3.31. The van der Waals surface area contributed by atoms with E-state index in [4.69, 9.17) is 16.3 Å². The van der Waals surface area contributed by atoms with Crippen LogP contribution in [0.15, 0.2) is 36.4 Å². The highest BCUT2D eigenvalue weighted by atomic mass is 35.5. The van der Waals surface area contributed by atoms with Gasteiger partial charge in [0.25, 0.3) is 5.91 Å². The number of fused-ring (bicyclic) bond motifs is 1. The average molecular weight is 302 g/mol. The Balaban J connectivity index is 2.13. The van der Waals surface area contributed by atoms with Gasteiger partial charge in [0.2, 0.25) is 0 Å². The molecule has 2 aromatic carbocycles. The van der Waals surface area contributed by atoms with Crippen LogP contribution in [0.25, 0.3) is 11.6 Å². The first kappa shape index (κ1) is 13.5. The SMILES string of the molecule is COc1cccc(C=C2C(=O)Nc3ccc(Cl)cc32)c1O. The van der Waals surface area contributed by atoms with Crippen LogP contribution in [0.1, 0.15) is 11.1 Å². The van der Waals surface area contributed by atoms with Crippen LogP contribution >= 0.6 is 11.6 Å². The molecule has 106 valence electrons. The highest BCUT2D eigenvalue weighted by Crippen LogP contribution is 2.37. The van der Waals surface area contributed by atoms with Gasteiger partial charge in [0.1, 0.15) is 0 Å². The molecule has 2 N–H and O–H groups in total. The zero-order valence-electron chi connectivity index (χ0n) is 11.2. The molecule has 1 aliphatic heterocycles. The summed E-state index contributed by atoms with van der Waals surface area (Å²) >= 11 is 5.98. The number of aromatic hydroxyl groups is 1. The highest BCUT2D eigenvalue weighted by Gasteiger charge is 2.24. The molecule has 1 aliphatic rings. The van der Waals surface area contributed by atoms with Crippen molar-refractivity contribution in [3.8, 4) is 11.5 Å². The Morgan fingerprint density at radius 3 is 2.86 bits per heavy atom. The molecule has 0 atom stereocenters. The average Bonchev–Trinajstić information content (AvgIpc) is 2.77. The van der Waals surface area contributed by atoms with Crippen molar-refractivity contribution in [1.82, 2.24) is 0 Å². The molecule has 1 heterocycles. The van der Waals surface area contributed by atoms with Gasteiger partial charge in [-0.1, -0.05) is 23.7 Å². The van der Waals surface area contributed by atoms with Crippen LogP contribution in [0.4, 0.5) is 5.69 Å². The number of carbonyl (C=O) groups is 1. The molecule has 0 radical (unpaired) electrons. The first-order valence-corrected chi connectivity index (χ1v) is 6.67. The van der Waals surface area contributed by atoms with E-state index in [0.29, 0.717) is 27.6 Å². The number of phenolic OH excluding ortho intramolecular Hbond substituents is 1. The molecule has 21 heavy (non-hydrogen) atoms. The van der Waals surface area contributed by atoms with Crippen molar-refractivity contribution in [1.29, 1.82) is 0 Å². The smallest absolute Gasteiger partial charge is 0.256 e. The molecule has 0 aromatic heterocycles. The van der Waals surface area contributed by atoms with Crippen LogP contribution in [-0.2, 0) is 4.79 Å². The topological polar surface area (TPSA) is 58.6 Å². The maximum Gasteiger partial charge on any atom is 0.256 e. The summed E-state index contributed by atoms with van der Waals surface area (Å²) in [5.74, 6) is 0.124. The number of rotatable bonds is 2. The number of carbonyl (C=O) groups excluding carboxylic acids is 1. The van der Waals surface area contributed by atoms with Gasteiger partial charge in [-0.2, -0.15) is 0 Å². The molecule has 0 saturated heterocycles. The lowest BCUT2D eigenvalue weighted by molar-refractivity contribution is -0.110. The quantitative estimate of drug-likeness (QED) is 0.834. The summed E-state index contributed by atoms with van der Waals surface area (Å²) in [6.45, 7) is 0. The fourth-order valence-corrected chi connectivity index (χ4v) is 2.45. The molecule has 2 aromatic rings. The van der Waals surface area contributed by atoms with Crippen molar-refractivity contribution in [2.75, 3.05) is 12.4 Å². The number of benzene rings is 2. The highest BCUT2D eigenvalue weighted by molar-refractivity contribution is 6.36. The van der Waals surface area contributed by atoms with Gasteiger partial charge < -0.3 is 15.2 Å². The molecule has 0 bridgehead atoms. The number of para-hydroxylation sites is 1. The van der Waals surface area contributed by atoms with E-state index in [-0.39, 0.29) is 11.7 Å². The predicted octanol–water partition coefficient (Wildman–Crippen LogP) is 3.55. The summed E-state index contributed by atoms with van der Waals surface area (Å²) in [7, 11) is 1.48. The fraction of sp³-hybridized carbons (Fsp3) is 0.0625. The normalized spacial score (nSPS) is 15.0. The number of hydrogen-bond donors (Lipinski definition) is 2. The summed E-state index contributed by atoms with van der Waals surface area (Å²) in [6, 6.07) is 10.3. The van der Waals surface area contributed by atoms with E-state index in [1.165, 1.54) is 7.11 Å². The van der Waals surface area contributed by atoms with E-state index in [0.717, 1.165) is 5.56 Å². The van der Waals surface area contributed by atoms with E-state index in [1.54, 1.807) is 42.5 Å².